The van der Waals surface area contributed by atoms with Crippen molar-refractivity contribution in [2.45, 2.75) is 12.5 Å². The highest BCUT2D eigenvalue weighted by Gasteiger charge is 2.36. The number of piperidine rings is 2. The van der Waals surface area contributed by atoms with Gasteiger partial charge in [0.25, 0.3) is 0 Å². The van der Waals surface area contributed by atoms with Crippen LogP contribution in [-0.4, -0.2) is 66.4 Å². The number of hydrogen-bond acceptors (Lipinski definition) is 5. The summed E-state index contributed by atoms with van der Waals surface area (Å²) in [6, 6.07) is 18.5. The van der Waals surface area contributed by atoms with Gasteiger partial charge in [-0.1, -0.05) is 18.2 Å². The molecule has 2 aliphatic rings. The highest BCUT2D eigenvalue weighted by Crippen LogP contribution is 2.29. The van der Waals surface area contributed by atoms with Gasteiger partial charge in [0.1, 0.15) is 18.5 Å². The topological polar surface area (TPSA) is 88.8 Å². The molecule has 0 aliphatic carbocycles. The molecule has 2 bridgehead atoms. The summed E-state index contributed by atoms with van der Waals surface area (Å²) in [6.45, 7) is 3.99. The monoisotopic (exact) mass is 420 g/mol. The van der Waals surface area contributed by atoms with Gasteiger partial charge >= 0.3 is 6.03 Å². The third-order valence-corrected chi connectivity index (χ3v) is 5.86. The van der Waals surface area contributed by atoms with Crippen LogP contribution in [0.15, 0.2) is 54.6 Å². The van der Waals surface area contributed by atoms with Crippen molar-refractivity contribution in [2.24, 2.45) is 11.8 Å². The highest BCUT2D eigenvalue weighted by molar-refractivity contribution is 5.89. The van der Waals surface area contributed by atoms with E-state index in [4.69, 9.17) is 10.00 Å². The Morgan fingerprint density at radius 2 is 1.77 bits per heavy atom. The third-order valence-electron chi connectivity index (χ3n) is 5.86. The van der Waals surface area contributed by atoms with Crippen LogP contribution >= 0.6 is 0 Å². The first kappa shape index (κ1) is 21.2. The van der Waals surface area contributed by atoms with Crippen LogP contribution in [0.25, 0.3) is 0 Å². The van der Waals surface area contributed by atoms with Crippen molar-refractivity contribution < 1.29 is 14.6 Å². The average Bonchev–Trinajstić information content (AvgIpc) is 2.78. The fourth-order valence-corrected chi connectivity index (χ4v) is 4.60. The number of carbonyl (C=O) groups excluding carboxylic acids is 1. The van der Waals surface area contributed by atoms with Gasteiger partial charge in [-0.05, 0) is 54.7 Å². The van der Waals surface area contributed by atoms with Crippen LogP contribution in [0.5, 0.6) is 5.75 Å². The molecule has 0 spiro atoms. The zero-order valence-corrected chi connectivity index (χ0v) is 17.5. The maximum Gasteiger partial charge on any atom is 0.321 e. The van der Waals surface area contributed by atoms with Gasteiger partial charge in [-0.25, -0.2) is 4.79 Å². The number of para-hydroxylation sites is 1. The molecule has 2 unspecified atom stereocenters. The van der Waals surface area contributed by atoms with Crippen molar-refractivity contribution in [1.29, 1.82) is 5.26 Å². The van der Waals surface area contributed by atoms with E-state index in [0.29, 0.717) is 29.7 Å². The predicted octanol–water partition coefficient (Wildman–Crippen LogP) is 2.78. The lowest BCUT2D eigenvalue weighted by molar-refractivity contribution is 0.0105. The third kappa shape index (κ3) is 5.75. The van der Waals surface area contributed by atoms with Crippen molar-refractivity contribution in [2.75, 3.05) is 44.6 Å². The fraction of sp³-hybridized carbons (Fsp3) is 0.417. The summed E-state index contributed by atoms with van der Waals surface area (Å²) in [5.41, 5.74) is 1.40. The Kier molecular flexibility index (Phi) is 6.70. The average molecular weight is 421 g/mol. The molecule has 0 radical (unpaired) electrons. The highest BCUT2D eigenvalue weighted by atomic mass is 16.5. The molecule has 2 fully saturated rings. The number of rotatable bonds is 6. The lowest BCUT2D eigenvalue weighted by Crippen LogP contribution is -2.56. The summed E-state index contributed by atoms with van der Waals surface area (Å²) in [5, 5.41) is 22.3. The summed E-state index contributed by atoms with van der Waals surface area (Å²) in [5.74, 6) is 1.48. The minimum absolute atomic E-state index is 0.0369. The molecule has 0 saturated carbocycles. The maximum atomic E-state index is 12.6. The molecular formula is C24H28N4O3. The van der Waals surface area contributed by atoms with Gasteiger partial charge in [-0.3, -0.25) is 4.90 Å². The molecule has 7 nitrogen and oxygen atoms in total. The zero-order chi connectivity index (χ0) is 21.6. The molecular weight excluding hydrogens is 392 g/mol. The maximum absolute atomic E-state index is 12.6. The van der Waals surface area contributed by atoms with Crippen LogP contribution in [0.3, 0.4) is 0 Å². The van der Waals surface area contributed by atoms with Crippen molar-refractivity contribution in [1.82, 2.24) is 9.80 Å². The minimum Gasteiger partial charge on any atom is -0.491 e. The largest absolute Gasteiger partial charge is 0.491 e. The normalized spacial score (nSPS) is 21.7. The van der Waals surface area contributed by atoms with E-state index in [1.165, 1.54) is 0 Å². The Bertz CT molecular complexity index is 899. The number of carbonyl (C=O) groups is 1. The number of nitrogens with zero attached hydrogens (tertiary/aromatic N) is 3. The number of amides is 2. The van der Waals surface area contributed by atoms with E-state index in [0.717, 1.165) is 38.3 Å². The lowest BCUT2D eigenvalue weighted by atomic mass is 9.84. The van der Waals surface area contributed by atoms with E-state index in [-0.39, 0.29) is 12.6 Å². The molecule has 4 rings (SSSR count). The number of benzene rings is 2. The summed E-state index contributed by atoms with van der Waals surface area (Å²) in [7, 11) is 0. The molecule has 2 N–H and O–H groups in total. The smallest absolute Gasteiger partial charge is 0.321 e. The number of hydrogen-bond donors (Lipinski definition) is 2. The van der Waals surface area contributed by atoms with Gasteiger partial charge < -0.3 is 20.1 Å². The number of fused-ring (bicyclic) bond motifs is 2. The van der Waals surface area contributed by atoms with Crippen LogP contribution in [0.4, 0.5) is 10.5 Å². The van der Waals surface area contributed by atoms with Crippen LogP contribution in [0.2, 0.25) is 0 Å². The number of nitrogens with one attached hydrogen (secondary N) is 1. The Morgan fingerprint density at radius 1 is 1.10 bits per heavy atom. The second-order valence-electron chi connectivity index (χ2n) is 8.49. The zero-order valence-electron chi connectivity index (χ0n) is 17.5. The molecule has 3 atom stereocenters. The van der Waals surface area contributed by atoms with Crippen LogP contribution in [0.1, 0.15) is 12.0 Å². The quantitative estimate of drug-likeness (QED) is 0.750. The molecule has 2 aromatic rings. The number of likely N-dealkylation sites (tertiary alicyclic amines) is 2. The first-order valence-corrected chi connectivity index (χ1v) is 10.7. The Labute approximate surface area is 182 Å². The van der Waals surface area contributed by atoms with E-state index in [2.05, 4.69) is 16.3 Å². The first-order chi connectivity index (χ1) is 15.1. The summed E-state index contributed by atoms with van der Waals surface area (Å²) >= 11 is 0. The molecule has 2 aliphatic heterocycles. The fourth-order valence-electron chi connectivity index (χ4n) is 4.60. The Balaban J connectivity index is 1.23. The molecule has 2 heterocycles. The molecule has 2 amide bonds. The number of ether oxygens (including phenoxy) is 1. The van der Waals surface area contributed by atoms with E-state index in [1.807, 2.05) is 35.2 Å². The van der Waals surface area contributed by atoms with Gasteiger partial charge in [0, 0.05) is 38.4 Å². The van der Waals surface area contributed by atoms with Crippen molar-refractivity contribution in [3.8, 4) is 11.8 Å². The lowest BCUT2D eigenvalue weighted by Gasteiger charge is -2.46. The SMILES string of the molecule is N#Cc1ccc(OC[C@@H](O)CN2CC3CC(C2)CN(C(=O)Nc2ccccc2)C3)cc1. The van der Waals surface area contributed by atoms with Gasteiger partial charge in [0.2, 0.25) is 0 Å². The number of β-amino-alcohol motifs (C(OH)–C–C–N with tert-alkyl or cyclic N) is 1. The molecule has 0 aromatic heterocycles. The van der Waals surface area contributed by atoms with Gasteiger partial charge in [-0.15, -0.1) is 0 Å². The molecule has 2 aromatic carbocycles. The van der Waals surface area contributed by atoms with Crippen LogP contribution < -0.4 is 10.1 Å². The molecule has 162 valence electrons. The first-order valence-electron chi connectivity index (χ1n) is 10.7. The number of anilines is 1. The number of aliphatic hydroxyl groups is 1. The number of urea groups is 1. The summed E-state index contributed by atoms with van der Waals surface area (Å²) in [4.78, 5) is 16.9. The summed E-state index contributed by atoms with van der Waals surface area (Å²) in [6.07, 6.45) is 0.538. The van der Waals surface area contributed by atoms with Crippen molar-refractivity contribution in [3.05, 3.63) is 60.2 Å². The van der Waals surface area contributed by atoms with E-state index in [9.17, 15) is 9.90 Å². The predicted molar refractivity (Wildman–Crippen MR) is 118 cm³/mol. The molecule has 2 saturated heterocycles. The minimum atomic E-state index is -0.591. The van der Waals surface area contributed by atoms with Gasteiger partial charge in [-0.2, -0.15) is 5.26 Å². The van der Waals surface area contributed by atoms with Gasteiger partial charge in [0.05, 0.1) is 11.6 Å². The second kappa shape index (κ2) is 9.82. The standard InChI is InChI=1S/C24H28N4O3/c25-11-18-6-8-23(9-7-18)31-17-22(29)16-27-12-19-10-20(13-27)15-28(14-19)24(30)26-21-4-2-1-3-5-21/h1-9,19-20,22,29H,10,12-17H2,(H,26,30)/t19?,20?,22-/m0/s1. The van der Waals surface area contributed by atoms with E-state index < -0.39 is 6.10 Å². The molecule has 7 heteroatoms. The van der Waals surface area contributed by atoms with Crippen molar-refractivity contribution in [3.63, 3.8) is 0 Å². The van der Waals surface area contributed by atoms with Crippen LogP contribution in [0, 0.1) is 23.2 Å². The molecule has 31 heavy (non-hydrogen) atoms. The van der Waals surface area contributed by atoms with E-state index in [1.54, 1.807) is 24.3 Å². The number of nitriles is 1. The number of aliphatic hydroxyl groups excluding tert-OH is 1. The van der Waals surface area contributed by atoms with Crippen LogP contribution in [-0.2, 0) is 0 Å². The van der Waals surface area contributed by atoms with E-state index >= 15 is 0 Å². The second-order valence-corrected chi connectivity index (χ2v) is 8.49. The summed E-state index contributed by atoms with van der Waals surface area (Å²) < 4.78 is 5.66. The Hall–Kier alpha value is -3.08. The van der Waals surface area contributed by atoms with Crippen molar-refractivity contribution >= 4 is 11.7 Å². The Morgan fingerprint density at radius 3 is 2.42 bits per heavy atom. The van der Waals surface area contributed by atoms with Gasteiger partial charge in [0.15, 0.2) is 0 Å².